The molecule has 5 heteroatoms. The van der Waals surface area contributed by atoms with Gasteiger partial charge in [-0.15, -0.1) is 0 Å². The lowest BCUT2D eigenvalue weighted by molar-refractivity contribution is 0.247. The molecule has 0 spiro atoms. The number of amides is 2. The smallest absolute Gasteiger partial charge is 0.315 e. The predicted octanol–water partition coefficient (Wildman–Crippen LogP) is 1.51. The highest BCUT2D eigenvalue weighted by molar-refractivity contribution is 9.10. The molecule has 0 aromatic heterocycles. The van der Waals surface area contributed by atoms with Crippen molar-refractivity contribution in [3.05, 3.63) is 28.2 Å². The quantitative estimate of drug-likeness (QED) is 0.714. The monoisotopic (exact) mass is 256 g/mol. The molecule has 0 saturated carbocycles. The van der Waals surface area contributed by atoms with E-state index in [1.165, 1.54) is 0 Å². The lowest BCUT2D eigenvalue weighted by Crippen LogP contribution is -2.21. The number of rotatable bonds is 1. The summed E-state index contributed by atoms with van der Waals surface area (Å²) < 4.78 is 0.816. The summed E-state index contributed by atoms with van der Waals surface area (Å²) in [6.45, 7) is 0.508. The first-order chi connectivity index (χ1) is 6.66. The summed E-state index contributed by atoms with van der Waals surface area (Å²) in [5.74, 6) is 0.188. The third-order valence-electron chi connectivity index (χ3n) is 2.14. The van der Waals surface area contributed by atoms with E-state index >= 15 is 0 Å². The molecule has 1 saturated heterocycles. The molecule has 1 aromatic rings. The molecule has 1 aromatic carbocycles. The van der Waals surface area contributed by atoms with Crippen molar-refractivity contribution < 1.29 is 9.90 Å². The maximum Gasteiger partial charge on any atom is 0.315 e. The van der Waals surface area contributed by atoms with Crippen LogP contribution in [0.25, 0.3) is 0 Å². The Kier molecular flexibility index (Phi) is 2.33. The van der Waals surface area contributed by atoms with Gasteiger partial charge in [0.15, 0.2) is 0 Å². The van der Waals surface area contributed by atoms with Gasteiger partial charge in [0.05, 0.1) is 6.04 Å². The highest BCUT2D eigenvalue weighted by atomic mass is 79.9. The number of hydrogen-bond acceptors (Lipinski definition) is 2. The van der Waals surface area contributed by atoms with Crippen LogP contribution in [0.15, 0.2) is 22.7 Å². The van der Waals surface area contributed by atoms with E-state index in [9.17, 15) is 9.90 Å². The van der Waals surface area contributed by atoms with Crippen LogP contribution in [-0.4, -0.2) is 17.7 Å². The van der Waals surface area contributed by atoms with E-state index in [1.54, 1.807) is 12.1 Å². The van der Waals surface area contributed by atoms with Crippen molar-refractivity contribution in [2.75, 3.05) is 6.54 Å². The van der Waals surface area contributed by atoms with Gasteiger partial charge in [0.2, 0.25) is 0 Å². The molecule has 2 amide bonds. The number of urea groups is 1. The fourth-order valence-corrected chi connectivity index (χ4v) is 1.80. The largest absolute Gasteiger partial charge is 0.508 e. The molecule has 14 heavy (non-hydrogen) atoms. The first-order valence-electron chi connectivity index (χ1n) is 4.19. The Bertz CT molecular complexity index is 381. The van der Waals surface area contributed by atoms with Crippen molar-refractivity contribution in [1.29, 1.82) is 0 Å². The molecule has 0 bridgehead atoms. The molecule has 3 N–H and O–H groups in total. The summed E-state index contributed by atoms with van der Waals surface area (Å²) >= 11 is 3.25. The zero-order valence-electron chi connectivity index (χ0n) is 7.25. The van der Waals surface area contributed by atoms with Gasteiger partial charge in [-0.2, -0.15) is 0 Å². The minimum Gasteiger partial charge on any atom is -0.508 e. The SMILES string of the molecule is O=C1NC[C@H](c2ccc(Br)cc2O)N1. The van der Waals surface area contributed by atoms with E-state index in [2.05, 4.69) is 26.6 Å². The standard InChI is InChI=1S/C9H9BrN2O2/c10-5-1-2-6(8(13)3-5)7-4-11-9(14)12-7/h1-3,7,13H,4H2,(H2,11,12,14)/t7-/m1/s1. The Labute approximate surface area is 89.4 Å². The van der Waals surface area contributed by atoms with Gasteiger partial charge < -0.3 is 15.7 Å². The molecule has 0 unspecified atom stereocenters. The van der Waals surface area contributed by atoms with E-state index in [4.69, 9.17) is 0 Å². The number of hydrogen-bond donors (Lipinski definition) is 3. The average Bonchev–Trinajstić information content (AvgIpc) is 2.51. The number of phenolic OH excluding ortho intramolecular Hbond substituents is 1. The van der Waals surface area contributed by atoms with Gasteiger partial charge in [-0.1, -0.05) is 22.0 Å². The van der Waals surface area contributed by atoms with E-state index in [-0.39, 0.29) is 17.8 Å². The summed E-state index contributed by atoms with van der Waals surface area (Å²) in [7, 11) is 0. The number of phenols is 1. The second-order valence-electron chi connectivity index (χ2n) is 3.11. The van der Waals surface area contributed by atoms with Gasteiger partial charge in [0, 0.05) is 16.6 Å². The first kappa shape index (κ1) is 9.33. The van der Waals surface area contributed by atoms with Crippen molar-refractivity contribution in [2.24, 2.45) is 0 Å². The van der Waals surface area contributed by atoms with Gasteiger partial charge in [0.25, 0.3) is 0 Å². The summed E-state index contributed by atoms with van der Waals surface area (Å²) in [6.07, 6.45) is 0. The lowest BCUT2D eigenvalue weighted by Gasteiger charge is -2.10. The molecular weight excluding hydrogens is 248 g/mol. The normalized spacial score (nSPS) is 20.4. The third-order valence-corrected chi connectivity index (χ3v) is 2.63. The zero-order chi connectivity index (χ0) is 10.1. The van der Waals surface area contributed by atoms with E-state index in [1.807, 2.05) is 6.07 Å². The van der Waals surface area contributed by atoms with Crippen LogP contribution in [0.1, 0.15) is 11.6 Å². The number of aromatic hydroxyl groups is 1. The van der Waals surface area contributed by atoms with Gasteiger partial charge in [-0.25, -0.2) is 4.79 Å². The minimum absolute atomic E-state index is 0.143. The number of carbonyl (C=O) groups is 1. The Morgan fingerprint density at radius 2 is 2.29 bits per heavy atom. The fourth-order valence-electron chi connectivity index (χ4n) is 1.45. The van der Waals surface area contributed by atoms with Gasteiger partial charge in [-0.3, -0.25) is 0 Å². The Morgan fingerprint density at radius 1 is 1.50 bits per heavy atom. The molecule has 4 nitrogen and oxygen atoms in total. The van der Waals surface area contributed by atoms with Crippen molar-refractivity contribution >= 4 is 22.0 Å². The molecule has 2 rings (SSSR count). The van der Waals surface area contributed by atoms with Crippen molar-refractivity contribution in [3.8, 4) is 5.75 Å². The van der Waals surface area contributed by atoms with Gasteiger partial charge in [-0.05, 0) is 12.1 Å². The molecule has 1 atom stereocenters. The molecule has 1 aliphatic rings. The van der Waals surface area contributed by atoms with Gasteiger partial charge >= 0.3 is 6.03 Å². The molecular formula is C9H9BrN2O2. The van der Waals surface area contributed by atoms with E-state index < -0.39 is 0 Å². The predicted molar refractivity (Wildman–Crippen MR) is 55.1 cm³/mol. The van der Waals surface area contributed by atoms with Crippen LogP contribution in [0, 0.1) is 0 Å². The maximum absolute atomic E-state index is 10.9. The molecule has 1 fully saturated rings. The Morgan fingerprint density at radius 3 is 2.86 bits per heavy atom. The number of nitrogens with one attached hydrogen (secondary N) is 2. The summed E-state index contributed by atoms with van der Waals surface area (Å²) in [4.78, 5) is 10.9. The number of benzene rings is 1. The third kappa shape index (κ3) is 1.68. The van der Waals surface area contributed by atoms with E-state index in [0.29, 0.717) is 6.54 Å². The van der Waals surface area contributed by atoms with Crippen LogP contribution in [-0.2, 0) is 0 Å². The van der Waals surface area contributed by atoms with Crippen molar-refractivity contribution in [2.45, 2.75) is 6.04 Å². The summed E-state index contributed by atoms with van der Waals surface area (Å²) in [6, 6.07) is 4.89. The van der Waals surface area contributed by atoms with Crippen molar-refractivity contribution in [1.82, 2.24) is 10.6 Å². The van der Waals surface area contributed by atoms with E-state index in [0.717, 1.165) is 10.0 Å². The average molecular weight is 257 g/mol. The van der Waals surface area contributed by atoms with Crippen LogP contribution in [0.2, 0.25) is 0 Å². The Hall–Kier alpha value is -1.23. The second-order valence-corrected chi connectivity index (χ2v) is 4.03. The fraction of sp³-hybridized carbons (Fsp3) is 0.222. The lowest BCUT2D eigenvalue weighted by atomic mass is 10.1. The topological polar surface area (TPSA) is 61.4 Å². The highest BCUT2D eigenvalue weighted by Gasteiger charge is 2.23. The first-order valence-corrected chi connectivity index (χ1v) is 4.99. The zero-order valence-corrected chi connectivity index (χ0v) is 8.84. The second kappa shape index (κ2) is 3.49. The van der Waals surface area contributed by atoms with Crippen LogP contribution in [0.3, 0.4) is 0 Å². The molecule has 74 valence electrons. The van der Waals surface area contributed by atoms with Crippen LogP contribution >= 0.6 is 15.9 Å². The molecule has 1 heterocycles. The Balaban J connectivity index is 2.28. The van der Waals surface area contributed by atoms with Crippen LogP contribution in [0.4, 0.5) is 4.79 Å². The molecule has 0 aliphatic carbocycles. The summed E-state index contributed by atoms with van der Waals surface area (Å²) in [5, 5.41) is 15.0. The number of halogens is 1. The maximum atomic E-state index is 10.9. The molecule has 0 radical (unpaired) electrons. The number of carbonyl (C=O) groups excluding carboxylic acids is 1. The van der Waals surface area contributed by atoms with Crippen LogP contribution in [0.5, 0.6) is 5.75 Å². The summed E-state index contributed by atoms with van der Waals surface area (Å²) in [5.41, 5.74) is 0.728. The van der Waals surface area contributed by atoms with Crippen molar-refractivity contribution in [3.63, 3.8) is 0 Å². The molecule has 1 aliphatic heterocycles. The minimum atomic E-state index is -0.197. The highest BCUT2D eigenvalue weighted by Crippen LogP contribution is 2.28. The van der Waals surface area contributed by atoms with Gasteiger partial charge in [0.1, 0.15) is 5.75 Å². The van der Waals surface area contributed by atoms with Crippen LogP contribution < -0.4 is 10.6 Å².